The number of hydrogen-bond acceptors (Lipinski definition) is 4. The van der Waals surface area contributed by atoms with Gasteiger partial charge in [-0.3, -0.25) is 14.3 Å². The Morgan fingerprint density at radius 2 is 2.19 bits per heavy atom. The Bertz CT molecular complexity index is 846. The molecule has 0 radical (unpaired) electrons. The fourth-order valence-corrected chi connectivity index (χ4v) is 2.48. The Kier molecular flexibility index (Phi) is 3.12. The summed E-state index contributed by atoms with van der Waals surface area (Å²) >= 11 is 0. The molecule has 1 aliphatic rings. The standard InChI is InChI=1S/C14H15N3O4/c1-2-5-17-11-10(12(18)16-14(17)21)8(13(19)20)6-9(15-11)7-3-4-7/h6-7H,2-5H2,1H3,(H,19,20)(H,16,18,21). The summed E-state index contributed by atoms with van der Waals surface area (Å²) in [4.78, 5) is 42.0. The number of pyridine rings is 1. The Balaban J connectivity index is 2.44. The zero-order chi connectivity index (χ0) is 15.1. The summed E-state index contributed by atoms with van der Waals surface area (Å²) in [6, 6.07) is 1.46. The number of nitrogens with one attached hydrogen (secondary N) is 1. The molecule has 1 fully saturated rings. The van der Waals surface area contributed by atoms with E-state index in [1.54, 1.807) is 0 Å². The second-order valence-electron chi connectivity index (χ2n) is 5.28. The predicted molar refractivity (Wildman–Crippen MR) is 75.8 cm³/mol. The molecule has 1 saturated carbocycles. The van der Waals surface area contributed by atoms with Crippen LogP contribution in [0.15, 0.2) is 15.7 Å². The zero-order valence-electron chi connectivity index (χ0n) is 11.5. The molecule has 0 bridgehead atoms. The second-order valence-corrected chi connectivity index (χ2v) is 5.28. The normalized spacial score (nSPS) is 14.5. The van der Waals surface area contributed by atoms with Crippen LogP contribution in [0.2, 0.25) is 0 Å². The molecule has 2 aromatic heterocycles. The average molecular weight is 289 g/mol. The molecule has 0 saturated heterocycles. The number of carboxylic acids is 1. The van der Waals surface area contributed by atoms with Gasteiger partial charge in [0.05, 0.1) is 10.9 Å². The summed E-state index contributed by atoms with van der Waals surface area (Å²) in [5.74, 6) is -0.950. The highest BCUT2D eigenvalue weighted by Gasteiger charge is 2.28. The van der Waals surface area contributed by atoms with Crippen molar-refractivity contribution in [2.24, 2.45) is 0 Å². The number of aromatic carboxylic acids is 1. The minimum absolute atomic E-state index is 0.0278. The molecule has 0 aromatic carbocycles. The molecule has 7 nitrogen and oxygen atoms in total. The third kappa shape index (κ3) is 2.24. The van der Waals surface area contributed by atoms with E-state index < -0.39 is 17.2 Å². The molecule has 0 amide bonds. The maximum atomic E-state index is 12.0. The molecule has 0 unspecified atom stereocenters. The van der Waals surface area contributed by atoms with E-state index in [-0.39, 0.29) is 22.5 Å². The third-order valence-electron chi connectivity index (χ3n) is 3.64. The number of rotatable bonds is 4. The van der Waals surface area contributed by atoms with Gasteiger partial charge in [0.1, 0.15) is 0 Å². The quantitative estimate of drug-likeness (QED) is 0.876. The van der Waals surface area contributed by atoms with E-state index in [4.69, 9.17) is 0 Å². The van der Waals surface area contributed by atoms with Crippen molar-refractivity contribution in [3.8, 4) is 0 Å². The van der Waals surface area contributed by atoms with Gasteiger partial charge in [-0.05, 0) is 25.3 Å². The van der Waals surface area contributed by atoms with E-state index in [0.717, 1.165) is 12.8 Å². The molecule has 7 heteroatoms. The number of aromatic nitrogens is 3. The summed E-state index contributed by atoms with van der Waals surface area (Å²) in [5, 5.41) is 9.33. The maximum absolute atomic E-state index is 12.0. The van der Waals surface area contributed by atoms with Crippen LogP contribution in [0, 0.1) is 0 Å². The van der Waals surface area contributed by atoms with Crippen molar-refractivity contribution in [3.05, 3.63) is 38.2 Å². The van der Waals surface area contributed by atoms with Crippen LogP contribution in [0.1, 0.15) is 48.2 Å². The number of aromatic amines is 1. The number of carboxylic acid groups (broad SMARTS) is 1. The summed E-state index contributed by atoms with van der Waals surface area (Å²) in [7, 11) is 0. The number of fused-ring (bicyclic) bond motifs is 1. The molecule has 3 rings (SSSR count). The first-order valence-electron chi connectivity index (χ1n) is 6.94. The predicted octanol–water partition coefficient (Wildman–Crippen LogP) is 1.07. The van der Waals surface area contributed by atoms with Crippen molar-refractivity contribution in [1.29, 1.82) is 0 Å². The number of aryl methyl sites for hydroxylation is 1. The van der Waals surface area contributed by atoms with Crippen molar-refractivity contribution in [3.63, 3.8) is 0 Å². The van der Waals surface area contributed by atoms with Crippen molar-refractivity contribution in [2.45, 2.75) is 38.6 Å². The number of nitrogens with zero attached hydrogens (tertiary/aromatic N) is 2. The van der Waals surface area contributed by atoms with Crippen LogP contribution in [0.5, 0.6) is 0 Å². The molecule has 0 atom stereocenters. The highest BCUT2D eigenvalue weighted by Crippen LogP contribution is 2.39. The van der Waals surface area contributed by atoms with Crippen molar-refractivity contribution in [2.75, 3.05) is 0 Å². The lowest BCUT2D eigenvalue weighted by Crippen LogP contribution is -2.32. The van der Waals surface area contributed by atoms with Crippen LogP contribution in [0.4, 0.5) is 0 Å². The summed E-state index contributed by atoms with van der Waals surface area (Å²) in [5.41, 5.74) is -0.518. The summed E-state index contributed by atoms with van der Waals surface area (Å²) in [6.45, 7) is 2.28. The lowest BCUT2D eigenvalue weighted by Gasteiger charge is -2.10. The fraction of sp³-hybridized carbons (Fsp3) is 0.429. The average Bonchev–Trinajstić information content (AvgIpc) is 3.26. The van der Waals surface area contributed by atoms with Crippen LogP contribution in [-0.4, -0.2) is 25.6 Å². The van der Waals surface area contributed by atoms with Crippen LogP contribution >= 0.6 is 0 Å². The van der Waals surface area contributed by atoms with Crippen LogP contribution in [0.3, 0.4) is 0 Å². The van der Waals surface area contributed by atoms with Crippen LogP contribution in [-0.2, 0) is 6.54 Å². The highest BCUT2D eigenvalue weighted by atomic mass is 16.4. The maximum Gasteiger partial charge on any atom is 0.336 e. The molecule has 1 aliphatic carbocycles. The number of carbonyl (C=O) groups is 1. The van der Waals surface area contributed by atoms with E-state index in [2.05, 4.69) is 9.97 Å². The Morgan fingerprint density at radius 3 is 2.76 bits per heavy atom. The molecule has 21 heavy (non-hydrogen) atoms. The topological polar surface area (TPSA) is 105 Å². The van der Waals surface area contributed by atoms with Gasteiger partial charge >= 0.3 is 11.7 Å². The van der Waals surface area contributed by atoms with Crippen molar-refractivity contribution in [1.82, 2.24) is 14.5 Å². The van der Waals surface area contributed by atoms with Crippen LogP contribution < -0.4 is 11.2 Å². The van der Waals surface area contributed by atoms with E-state index in [1.807, 2.05) is 6.92 Å². The summed E-state index contributed by atoms with van der Waals surface area (Å²) in [6.07, 6.45) is 2.59. The Labute approximate surface area is 119 Å². The van der Waals surface area contributed by atoms with Gasteiger partial charge < -0.3 is 5.11 Å². The largest absolute Gasteiger partial charge is 0.478 e. The van der Waals surface area contributed by atoms with Gasteiger partial charge in [0.2, 0.25) is 0 Å². The molecule has 110 valence electrons. The molecule has 0 spiro atoms. The molecule has 2 aromatic rings. The second kappa shape index (κ2) is 4.83. The first-order chi connectivity index (χ1) is 10.0. The smallest absolute Gasteiger partial charge is 0.336 e. The molecule has 0 aliphatic heterocycles. The lowest BCUT2D eigenvalue weighted by atomic mass is 10.1. The number of H-pyrrole nitrogens is 1. The van der Waals surface area contributed by atoms with Gasteiger partial charge in [-0.2, -0.15) is 0 Å². The lowest BCUT2D eigenvalue weighted by molar-refractivity contribution is 0.0698. The van der Waals surface area contributed by atoms with Gasteiger partial charge in [0.25, 0.3) is 5.56 Å². The SMILES string of the molecule is CCCn1c(=O)[nH]c(=O)c2c(C(=O)O)cc(C3CC3)nc21. The Morgan fingerprint density at radius 1 is 1.48 bits per heavy atom. The molecular formula is C14H15N3O4. The minimum atomic E-state index is -1.18. The van der Waals surface area contributed by atoms with Gasteiger partial charge in [0, 0.05) is 18.2 Å². The van der Waals surface area contributed by atoms with Gasteiger partial charge in [-0.15, -0.1) is 0 Å². The molecular weight excluding hydrogens is 274 g/mol. The third-order valence-corrected chi connectivity index (χ3v) is 3.64. The molecule has 2 N–H and O–H groups in total. The van der Waals surface area contributed by atoms with Crippen LogP contribution in [0.25, 0.3) is 11.0 Å². The van der Waals surface area contributed by atoms with E-state index in [0.29, 0.717) is 18.7 Å². The monoisotopic (exact) mass is 289 g/mol. The minimum Gasteiger partial charge on any atom is -0.478 e. The van der Waals surface area contributed by atoms with E-state index in [9.17, 15) is 19.5 Å². The van der Waals surface area contributed by atoms with Crippen molar-refractivity contribution >= 4 is 17.0 Å². The zero-order valence-corrected chi connectivity index (χ0v) is 11.5. The summed E-state index contributed by atoms with van der Waals surface area (Å²) < 4.78 is 1.34. The fourth-order valence-electron chi connectivity index (χ4n) is 2.48. The van der Waals surface area contributed by atoms with Gasteiger partial charge in [-0.25, -0.2) is 14.6 Å². The number of hydrogen-bond donors (Lipinski definition) is 2. The molecule has 2 heterocycles. The highest BCUT2D eigenvalue weighted by molar-refractivity contribution is 6.01. The Hall–Kier alpha value is -2.44. The first-order valence-corrected chi connectivity index (χ1v) is 6.94. The van der Waals surface area contributed by atoms with Gasteiger partial charge in [-0.1, -0.05) is 6.92 Å². The van der Waals surface area contributed by atoms with Gasteiger partial charge in [0.15, 0.2) is 5.65 Å². The van der Waals surface area contributed by atoms with E-state index >= 15 is 0 Å². The van der Waals surface area contributed by atoms with E-state index in [1.165, 1.54) is 10.6 Å². The first kappa shape index (κ1) is 13.5. The van der Waals surface area contributed by atoms with Crippen molar-refractivity contribution < 1.29 is 9.90 Å².